The molecule has 1 saturated heterocycles. The first kappa shape index (κ1) is 19.7. The zero-order valence-corrected chi connectivity index (χ0v) is 16.2. The SMILES string of the molecule is CC1CN(CC(=O)NCCOc2ccc(Cl)cc2)CC(c2ccccc2)O1. The van der Waals surface area contributed by atoms with Gasteiger partial charge >= 0.3 is 0 Å². The van der Waals surface area contributed by atoms with Crippen molar-refractivity contribution in [2.75, 3.05) is 32.8 Å². The lowest BCUT2D eigenvalue weighted by Gasteiger charge is -2.36. The van der Waals surface area contributed by atoms with Crippen LogP contribution in [0.4, 0.5) is 0 Å². The van der Waals surface area contributed by atoms with Gasteiger partial charge < -0.3 is 14.8 Å². The summed E-state index contributed by atoms with van der Waals surface area (Å²) in [6.45, 7) is 4.74. The third-order valence-electron chi connectivity index (χ3n) is 4.38. The molecule has 1 heterocycles. The predicted octanol–water partition coefficient (Wildman–Crippen LogP) is 3.30. The largest absolute Gasteiger partial charge is 0.492 e. The summed E-state index contributed by atoms with van der Waals surface area (Å²) in [7, 11) is 0. The number of nitrogens with zero attached hydrogens (tertiary/aromatic N) is 1. The normalized spacial score (nSPS) is 20.2. The minimum atomic E-state index is -0.00406. The first-order valence-electron chi connectivity index (χ1n) is 9.18. The molecule has 1 fully saturated rings. The molecule has 2 atom stereocenters. The molecule has 0 aromatic heterocycles. The number of rotatable bonds is 7. The van der Waals surface area contributed by atoms with E-state index in [0.29, 0.717) is 31.3 Å². The molecule has 1 aliphatic heterocycles. The maximum absolute atomic E-state index is 12.3. The molecule has 1 aliphatic rings. The molecule has 3 rings (SSSR count). The van der Waals surface area contributed by atoms with Crippen LogP contribution in [0.1, 0.15) is 18.6 Å². The van der Waals surface area contributed by atoms with E-state index in [2.05, 4.69) is 22.3 Å². The maximum atomic E-state index is 12.3. The van der Waals surface area contributed by atoms with Gasteiger partial charge in [-0.15, -0.1) is 0 Å². The van der Waals surface area contributed by atoms with E-state index in [-0.39, 0.29) is 18.1 Å². The fraction of sp³-hybridized carbons (Fsp3) is 0.381. The van der Waals surface area contributed by atoms with Gasteiger partial charge in [-0.3, -0.25) is 9.69 Å². The van der Waals surface area contributed by atoms with Crippen molar-refractivity contribution < 1.29 is 14.3 Å². The number of hydrogen-bond donors (Lipinski definition) is 1. The third-order valence-corrected chi connectivity index (χ3v) is 4.63. The summed E-state index contributed by atoms with van der Waals surface area (Å²) < 4.78 is 11.6. The average Bonchev–Trinajstić information content (AvgIpc) is 2.67. The number of halogens is 1. The molecule has 1 amide bonds. The Balaban J connectivity index is 1.41. The lowest BCUT2D eigenvalue weighted by atomic mass is 10.1. The number of ether oxygens (including phenoxy) is 2. The van der Waals surface area contributed by atoms with Crippen molar-refractivity contribution in [1.29, 1.82) is 0 Å². The zero-order valence-electron chi connectivity index (χ0n) is 15.4. The molecule has 2 aromatic carbocycles. The van der Waals surface area contributed by atoms with Crippen molar-refractivity contribution in [2.24, 2.45) is 0 Å². The van der Waals surface area contributed by atoms with Gasteiger partial charge in [-0.2, -0.15) is 0 Å². The molecule has 0 spiro atoms. The van der Waals surface area contributed by atoms with Crippen molar-refractivity contribution in [1.82, 2.24) is 10.2 Å². The van der Waals surface area contributed by atoms with E-state index in [1.54, 1.807) is 12.1 Å². The Morgan fingerprint density at radius 3 is 2.67 bits per heavy atom. The highest BCUT2D eigenvalue weighted by Gasteiger charge is 2.27. The predicted molar refractivity (Wildman–Crippen MR) is 106 cm³/mol. The number of carbonyl (C=O) groups is 1. The smallest absolute Gasteiger partial charge is 0.234 e. The van der Waals surface area contributed by atoms with Gasteiger partial charge in [-0.05, 0) is 36.8 Å². The van der Waals surface area contributed by atoms with Crippen LogP contribution in [-0.4, -0.2) is 49.7 Å². The van der Waals surface area contributed by atoms with Crippen LogP contribution in [0.2, 0.25) is 5.02 Å². The Morgan fingerprint density at radius 1 is 1.19 bits per heavy atom. The van der Waals surface area contributed by atoms with Crippen LogP contribution in [0.15, 0.2) is 54.6 Å². The van der Waals surface area contributed by atoms with E-state index >= 15 is 0 Å². The molecule has 144 valence electrons. The average molecular weight is 389 g/mol. The van der Waals surface area contributed by atoms with E-state index in [1.807, 2.05) is 37.3 Å². The Labute approximate surface area is 165 Å². The summed E-state index contributed by atoms with van der Waals surface area (Å²) in [5.74, 6) is 0.733. The molecule has 0 saturated carbocycles. The van der Waals surface area contributed by atoms with Gasteiger partial charge in [0.1, 0.15) is 12.4 Å². The zero-order chi connectivity index (χ0) is 19.1. The summed E-state index contributed by atoms with van der Waals surface area (Å²) in [6.07, 6.45) is 0.0842. The van der Waals surface area contributed by atoms with E-state index < -0.39 is 0 Å². The second kappa shape index (κ2) is 9.74. The molecule has 0 radical (unpaired) electrons. The number of morpholine rings is 1. The highest BCUT2D eigenvalue weighted by Crippen LogP contribution is 2.24. The fourth-order valence-corrected chi connectivity index (χ4v) is 3.30. The van der Waals surface area contributed by atoms with Crippen LogP contribution in [0, 0.1) is 0 Å². The van der Waals surface area contributed by atoms with Gasteiger partial charge in [0, 0.05) is 18.1 Å². The molecule has 5 nitrogen and oxygen atoms in total. The topological polar surface area (TPSA) is 50.8 Å². The first-order valence-corrected chi connectivity index (χ1v) is 9.56. The Morgan fingerprint density at radius 2 is 1.93 bits per heavy atom. The Hall–Kier alpha value is -2.08. The highest BCUT2D eigenvalue weighted by atomic mass is 35.5. The molecule has 27 heavy (non-hydrogen) atoms. The van der Waals surface area contributed by atoms with E-state index in [4.69, 9.17) is 21.1 Å². The number of hydrogen-bond acceptors (Lipinski definition) is 4. The summed E-state index contributed by atoms with van der Waals surface area (Å²) in [5, 5.41) is 3.58. The number of carbonyl (C=O) groups excluding carboxylic acids is 1. The molecule has 0 bridgehead atoms. The summed E-state index contributed by atoms with van der Waals surface area (Å²) in [6, 6.07) is 17.3. The molecular weight excluding hydrogens is 364 g/mol. The molecule has 0 aliphatic carbocycles. The van der Waals surface area contributed by atoms with Crippen molar-refractivity contribution >= 4 is 17.5 Å². The van der Waals surface area contributed by atoms with Crippen LogP contribution in [0.5, 0.6) is 5.75 Å². The van der Waals surface area contributed by atoms with Gasteiger partial charge in [0.2, 0.25) is 5.91 Å². The Bertz CT molecular complexity index is 724. The van der Waals surface area contributed by atoms with Crippen LogP contribution in [0.25, 0.3) is 0 Å². The van der Waals surface area contributed by atoms with Gasteiger partial charge in [0.25, 0.3) is 0 Å². The quantitative estimate of drug-likeness (QED) is 0.739. The van der Waals surface area contributed by atoms with Gasteiger partial charge in [-0.1, -0.05) is 41.9 Å². The van der Waals surface area contributed by atoms with Gasteiger partial charge in [-0.25, -0.2) is 0 Å². The molecule has 1 N–H and O–H groups in total. The van der Waals surface area contributed by atoms with Crippen molar-refractivity contribution in [2.45, 2.75) is 19.1 Å². The van der Waals surface area contributed by atoms with Crippen molar-refractivity contribution in [3.05, 3.63) is 65.2 Å². The van der Waals surface area contributed by atoms with E-state index in [1.165, 1.54) is 0 Å². The number of nitrogens with one attached hydrogen (secondary N) is 1. The highest BCUT2D eigenvalue weighted by molar-refractivity contribution is 6.30. The fourth-order valence-electron chi connectivity index (χ4n) is 3.17. The standard InChI is InChI=1S/C21H25ClN2O3/c1-16-13-24(14-20(27-16)17-5-3-2-4-6-17)15-21(25)23-11-12-26-19-9-7-18(22)8-10-19/h2-10,16,20H,11-15H2,1H3,(H,23,25). The van der Waals surface area contributed by atoms with Gasteiger partial charge in [0.05, 0.1) is 25.3 Å². The summed E-state index contributed by atoms with van der Waals surface area (Å²) in [4.78, 5) is 14.4. The van der Waals surface area contributed by atoms with Crippen molar-refractivity contribution in [3.8, 4) is 5.75 Å². The van der Waals surface area contributed by atoms with E-state index in [9.17, 15) is 4.79 Å². The summed E-state index contributed by atoms with van der Waals surface area (Å²) >= 11 is 5.84. The molecular formula is C21H25ClN2O3. The van der Waals surface area contributed by atoms with Crippen LogP contribution in [-0.2, 0) is 9.53 Å². The molecule has 2 aromatic rings. The lowest BCUT2D eigenvalue weighted by Crippen LogP contribution is -2.47. The minimum absolute atomic E-state index is 0.00371. The number of benzene rings is 2. The Kier molecular flexibility index (Phi) is 7.10. The van der Waals surface area contributed by atoms with Gasteiger partial charge in [0.15, 0.2) is 0 Å². The summed E-state index contributed by atoms with van der Waals surface area (Å²) in [5.41, 5.74) is 1.14. The maximum Gasteiger partial charge on any atom is 0.234 e. The number of amides is 1. The second-order valence-electron chi connectivity index (χ2n) is 6.69. The van der Waals surface area contributed by atoms with E-state index in [0.717, 1.165) is 17.9 Å². The minimum Gasteiger partial charge on any atom is -0.492 e. The lowest BCUT2D eigenvalue weighted by molar-refractivity contribution is -0.127. The monoisotopic (exact) mass is 388 g/mol. The second-order valence-corrected chi connectivity index (χ2v) is 7.13. The van der Waals surface area contributed by atoms with Crippen LogP contribution in [0.3, 0.4) is 0 Å². The van der Waals surface area contributed by atoms with Crippen LogP contribution >= 0.6 is 11.6 Å². The first-order chi connectivity index (χ1) is 13.1. The third kappa shape index (κ3) is 6.24. The molecule has 6 heteroatoms. The molecule has 2 unspecified atom stereocenters. The van der Waals surface area contributed by atoms with Crippen molar-refractivity contribution in [3.63, 3.8) is 0 Å². The van der Waals surface area contributed by atoms with Crippen LogP contribution < -0.4 is 10.1 Å².